The van der Waals surface area contributed by atoms with Gasteiger partial charge in [0.1, 0.15) is 0 Å². The fourth-order valence-electron chi connectivity index (χ4n) is 4.42. The van der Waals surface area contributed by atoms with Crippen molar-refractivity contribution in [2.75, 3.05) is 6.54 Å². The SMILES string of the molecule is CC1=C(/C=C/C(C)=C/C=C/C(C)=C\C(=O)NCCCc2cccc(C(F)(F)F)c2)C(C)(C)CCC1C. The third-order valence-electron chi connectivity index (χ3n) is 6.88. The number of rotatable bonds is 9. The zero-order valence-electron chi connectivity index (χ0n) is 22.4. The van der Waals surface area contributed by atoms with Crippen LogP contribution in [-0.2, 0) is 17.4 Å². The Labute approximate surface area is 214 Å². The maximum Gasteiger partial charge on any atom is 0.416 e. The third kappa shape index (κ3) is 9.33. The first-order valence-corrected chi connectivity index (χ1v) is 12.7. The first-order chi connectivity index (χ1) is 16.8. The second-order valence-electron chi connectivity index (χ2n) is 10.5. The molecule has 0 aliphatic heterocycles. The predicted molar refractivity (Wildman–Crippen MR) is 143 cm³/mol. The van der Waals surface area contributed by atoms with Gasteiger partial charge in [-0.25, -0.2) is 0 Å². The van der Waals surface area contributed by atoms with Crippen molar-refractivity contribution < 1.29 is 18.0 Å². The molecule has 2 nitrogen and oxygen atoms in total. The average Bonchev–Trinajstić information content (AvgIpc) is 2.79. The number of hydrogen-bond acceptors (Lipinski definition) is 1. The molecule has 5 heteroatoms. The van der Waals surface area contributed by atoms with E-state index < -0.39 is 11.7 Å². The first kappa shape index (κ1) is 29.4. The van der Waals surface area contributed by atoms with Crippen molar-refractivity contribution in [2.45, 2.75) is 73.4 Å². The van der Waals surface area contributed by atoms with Gasteiger partial charge in [-0.2, -0.15) is 13.2 Å². The number of alkyl halides is 3. The lowest BCUT2D eigenvalue weighted by Crippen LogP contribution is -2.23. The fraction of sp³-hybridized carbons (Fsp3) is 0.452. The number of carbonyl (C=O) groups is 1. The van der Waals surface area contributed by atoms with Crippen molar-refractivity contribution >= 4 is 5.91 Å². The molecular formula is C31H40F3NO. The van der Waals surface area contributed by atoms with Crippen LogP contribution in [0.1, 0.15) is 71.9 Å². The summed E-state index contributed by atoms with van der Waals surface area (Å²) in [5.74, 6) is 0.416. The predicted octanol–water partition coefficient (Wildman–Crippen LogP) is 8.53. The van der Waals surface area contributed by atoms with Gasteiger partial charge in [-0.3, -0.25) is 4.79 Å². The monoisotopic (exact) mass is 499 g/mol. The average molecular weight is 500 g/mol. The van der Waals surface area contributed by atoms with Gasteiger partial charge in [-0.15, -0.1) is 0 Å². The number of allylic oxidation sites excluding steroid dienone is 9. The molecule has 0 saturated carbocycles. The van der Waals surface area contributed by atoms with Crippen LogP contribution in [0.5, 0.6) is 0 Å². The van der Waals surface area contributed by atoms with E-state index in [-0.39, 0.29) is 11.3 Å². The molecule has 36 heavy (non-hydrogen) atoms. The molecule has 1 atom stereocenters. The molecule has 2 rings (SSSR count). The minimum atomic E-state index is -4.34. The highest BCUT2D eigenvalue weighted by Gasteiger charge is 2.30. The zero-order chi connectivity index (χ0) is 26.9. The lowest BCUT2D eigenvalue weighted by Gasteiger charge is -2.36. The zero-order valence-corrected chi connectivity index (χ0v) is 22.4. The molecule has 196 valence electrons. The summed E-state index contributed by atoms with van der Waals surface area (Å²) in [6, 6.07) is 5.31. The Morgan fingerprint density at radius 1 is 1.17 bits per heavy atom. The molecule has 0 radical (unpaired) electrons. The van der Waals surface area contributed by atoms with Gasteiger partial charge in [0.25, 0.3) is 0 Å². The van der Waals surface area contributed by atoms with E-state index >= 15 is 0 Å². The molecule has 1 aromatic rings. The number of carbonyl (C=O) groups excluding carboxylic acids is 1. The molecule has 0 aromatic heterocycles. The van der Waals surface area contributed by atoms with Crippen LogP contribution in [0.4, 0.5) is 13.2 Å². The number of benzene rings is 1. The summed E-state index contributed by atoms with van der Waals surface area (Å²) in [6.45, 7) is 13.5. The van der Waals surface area contributed by atoms with E-state index in [1.54, 1.807) is 6.07 Å². The van der Waals surface area contributed by atoms with Gasteiger partial charge in [-0.05, 0) is 80.6 Å². The lowest BCUT2D eigenvalue weighted by atomic mass is 9.69. The first-order valence-electron chi connectivity index (χ1n) is 12.7. The van der Waals surface area contributed by atoms with Crippen LogP contribution in [0, 0.1) is 11.3 Å². The molecular weight excluding hydrogens is 459 g/mol. The van der Waals surface area contributed by atoms with E-state index in [0.29, 0.717) is 30.9 Å². The summed E-state index contributed by atoms with van der Waals surface area (Å²) in [7, 11) is 0. The quantitative estimate of drug-likeness (QED) is 0.206. The molecule has 0 fully saturated rings. The molecule has 0 heterocycles. The van der Waals surface area contributed by atoms with Crippen LogP contribution in [0.25, 0.3) is 0 Å². The second kappa shape index (κ2) is 12.9. The number of aryl methyl sites for hydroxylation is 1. The van der Waals surface area contributed by atoms with Crippen LogP contribution >= 0.6 is 0 Å². The Kier molecular flexibility index (Phi) is 10.6. The van der Waals surface area contributed by atoms with Crippen LogP contribution in [0.3, 0.4) is 0 Å². The second-order valence-corrected chi connectivity index (χ2v) is 10.5. The normalized spacial score (nSPS) is 19.4. The summed E-state index contributed by atoms with van der Waals surface area (Å²) in [4.78, 5) is 12.1. The van der Waals surface area contributed by atoms with Gasteiger partial charge in [-0.1, -0.05) is 80.5 Å². The van der Waals surface area contributed by atoms with E-state index in [4.69, 9.17) is 0 Å². The van der Waals surface area contributed by atoms with Gasteiger partial charge in [0, 0.05) is 12.6 Å². The molecule has 1 aromatic carbocycles. The van der Waals surface area contributed by atoms with Crippen molar-refractivity contribution in [1.82, 2.24) is 5.32 Å². The van der Waals surface area contributed by atoms with Crippen LogP contribution in [0.15, 0.2) is 83.0 Å². The van der Waals surface area contributed by atoms with Crippen LogP contribution in [0.2, 0.25) is 0 Å². The minimum Gasteiger partial charge on any atom is -0.353 e. The summed E-state index contributed by atoms with van der Waals surface area (Å²) in [5, 5.41) is 2.80. The number of hydrogen-bond donors (Lipinski definition) is 1. The van der Waals surface area contributed by atoms with Gasteiger partial charge in [0.15, 0.2) is 0 Å². The van der Waals surface area contributed by atoms with Gasteiger partial charge >= 0.3 is 6.18 Å². The highest BCUT2D eigenvalue weighted by atomic mass is 19.4. The Bertz CT molecular complexity index is 1070. The maximum absolute atomic E-state index is 12.8. The summed E-state index contributed by atoms with van der Waals surface area (Å²) < 4.78 is 38.4. The smallest absolute Gasteiger partial charge is 0.353 e. The number of nitrogens with one attached hydrogen (secondary N) is 1. The van der Waals surface area contributed by atoms with Gasteiger partial charge in [0.05, 0.1) is 5.56 Å². The van der Waals surface area contributed by atoms with E-state index in [1.807, 2.05) is 25.2 Å². The van der Waals surface area contributed by atoms with Crippen LogP contribution < -0.4 is 5.32 Å². The maximum atomic E-state index is 12.8. The largest absolute Gasteiger partial charge is 0.416 e. The van der Waals surface area contributed by atoms with Crippen molar-refractivity contribution in [3.8, 4) is 0 Å². The molecule has 0 bridgehead atoms. The highest BCUT2D eigenvalue weighted by molar-refractivity contribution is 5.88. The molecule has 1 aliphatic rings. The molecule has 1 aliphatic carbocycles. The fourth-order valence-corrected chi connectivity index (χ4v) is 4.42. The van der Waals surface area contributed by atoms with E-state index in [9.17, 15) is 18.0 Å². The Morgan fingerprint density at radius 3 is 2.58 bits per heavy atom. The Morgan fingerprint density at radius 2 is 1.89 bits per heavy atom. The summed E-state index contributed by atoms with van der Waals surface area (Å²) in [5.41, 5.74) is 5.02. The molecule has 1 amide bonds. The Hall–Kier alpha value is -2.82. The standard InChI is InChI=1S/C31H40F3NO/c1-22(15-16-28-25(4)24(3)17-18-30(28,5)6)10-7-11-23(2)20-29(36)35-19-9-13-26-12-8-14-27(21-26)31(32,33)34/h7-8,10-12,14-16,20-21,24H,9,13,17-19H2,1-6H3,(H,35,36)/b11-7+,16-15+,22-10+,23-20-. The van der Waals surface area contributed by atoms with Crippen molar-refractivity contribution in [3.05, 3.63) is 94.1 Å². The molecule has 0 spiro atoms. The van der Waals surface area contributed by atoms with Gasteiger partial charge < -0.3 is 5.32 Å². The van der Waals surface area contributed by atoms with Gasteiger partial charge in [0.2, 0.25) is 5.91 Å². The molecule has 1 N–H and O–H groups in total. The van der Waals surface area contributed by atoms with Crippen molar-refractivity contribution in [2.24, 2.45) is 11.3 Å². The van der Waals surface area contributed by atoms with E-state index in [2.05, 4.69) is 52.1 Å². The minimum absolute atomic E-state index is 0.197. The topological polar surface area (TPSA) is 29.1 Å². The van der Waals surface area contributed by atoms with E-state index in [1.165, 1.54) is 36.1 Å². The third-order valence-corrected chi connectivity index (χ3v) is 6.88. The molecule has 0 saturated heterocycles. The Balaban J connectivity index is 1.83. The highest BCUT2D eigenvalue weighted by Crippen LogP contribution is 2.43. The summed E-state index contributed by atoms with van der Waals surface area (Å²) in [6.07, 6.45) is 10.9. The summed E-state index contributed by atoms with van der Waals surface area (Å²) >= 11 is 0. The van der Waals surface area contributed by atoms with Crippen molar-refractivity contribution in [1.29, 1.82) is 0 Å². The molecule has 1 unspecified atom stereocenters. The van der Waals surface area contributed by atoms with Crippen molar-refractivity contribution in [3.63, 3.8) is 0 Å². The van der Waals surface area contributed by atoms with E-state index in [0.717, 1.165) is 23.3 Å². The lowest BCUT2D eigenvalue weighted by molar-refractivity contribution is -0.137. The number of halogens is 3. The number of amides is 1. The van der Waals surface area contributed by atoms with Crippen LogP contribution in [-0.4, -0.2) is 12.5 Å².